The summed E-state index contributed by atoms with van der Waals surface area (Å²) in [5, 5.41) is 9.97. The van der Waals surface area contributed by atoms with Crippen LogP contribution in [0.4, 0.5) is 0 Å². The second kappa shape index (κ2) is 8.36. The number of aliphatic hydroxyl groups excluding tert-OH is 1. The molecule has 1 unspecified atom stereocenters. The van der Waals surface area contributed by atoms with Crippen molar-refractivity contribution in [1.82, 2.24) is 9.80 Å². The maximum atomic E-state index is 14.1. The van der Waals surface area contributed by atoms with Crippen molar-refractivity contribution in [3.63, 3.8) is 0 Å². The van der Waals surface area contributed by atoms with E-state index in [1.165, 1.54) is 4.90 Å². The number of cyclic esters (lactones) is 1. The van der Waals surface area contributed by atoms with Gasteiger partial charge in [0.2, 0.25) is 11.8 Å². The molecule has 4 heterocycles. The lowest BCUT2D eigenvalue weighted by Crippen LogP contribution is -2.58. The molecule has 4 aliphatic rings. The first-order chi connectivity index (χ1) is 16.4. The zero-order chi connectivity index (χ0) is 24.1. The van der Waals surface area contributed by atoms with E-state index in [-0.39, 0.29) is 25.0 Å². The summed E-state index contributed by atoms with van der Waals surface area (Å²) in [6, 6.07) is 8.04. The Morgan fingerprint density at radius 3 is 2.56 bits per heavy atom. The van der Waals surface area contributed by atoms with Gasteiger partial charge in [-0.1, -0.05) is 55.5 Å². The monoisotopic (exact) mass is 466 g/mol. The molecule has 34 heavy (non-hydrogen) atoms. The molecule has 180 valence electrons. The summed E-state index contributed by atoms with van der Waals surface area (Å²) in [7, 11) is 0. The summed E-state index contributed by atoms with van der Waals surface area (Å²) in [5.74, 6) is -2.91. The standard InChI is InChI=1S/C26H30N2O6/c1-3-25-11-8-14-33-24(32)20(25)19-22(30)28(17(2)16-29)21-23(31)27(13-7-12-26(19,21)34-25)15-18-9-5-4-6-10-18/h4-12,17,19-21,29H,3,13-16H2,1-2H3/t17-,19+,20+,21?,25-,26+/m1/s1. The van der Waals surface area contributed by atoms with Crippen LogP contribution in [0.1, 0.15) is 25.8 Å². The van der Waals surface area contributed by atoms with Gasteiger partial charge in [-0.05, 0) is 25.0 Å². The molecule has 2 saturated heterocycles. The number of carbonyl (C=O) groups is 3. The van der Waals surface area contributed by atoms with Gasteiger partial charge in [0.05, 0.1) is 18.6 Å². The second-order valence-corrected chi connectivity index (χ2v) is 9.54. The van der Waals surface area contributed by atoms with Crippen LogP contribution in [0.15, 0.2) is 54.6 Å². The third-order valence-electron chi connectivity index (χ3n) is 7.67. The van der Waals surface area contributed by atoms with Gasteiger partial charge >= 0.3 is 5.97 Å². The molecule has 0 bridgehead atoms. The van der Waals surface area contributed by atoms with Crippen LogP contribution in [-0.4, -0.2) is 75.7 Å². The maximum absolute atomic E-state index is 14.1. The Hall–Kier alpha value is -2.97. The average Bonchev–Trinajstić information content (AvgIpc) is 3.14. The number of rotatable bonds is 5. The van der Waals surface area contributed by atoms with Gasteiger partial charge in [-0.2, -0.15) is 0 Å². The smallest absolute Gasteiger partial charge is 0.313 e. The van der Waals surface area contributed by atoms with Crippen molar-refractivity contribution in [1.29, 1.82) is 0 Å². The highest BCUT2D eigenvalue weighted by molar-refractivity contribution is 5.99. The Morgan fingerprint density at radius 2 is 1.85 bits per heavy atom. The molecule has 6 atom stereocenters. The zero-order valence-corrected chi connectivity index (χ0v) is 19.4. The van der Waals surface area contributed by atoms with Gasteiger partial charge < -0.3 is 24.4 Å². The molecule has 2 fully saturated rings. The van der Waals surface area contributed by atoms with Crippen molar-refractivity contribution in [2.24, 2.45) is 11.8 Å². The molecule has 1 spiro atoms. The van der Waals surface area contributed by atoms with E-state index < -0.39 is 41.1 Å². The summed E-state index contributed by atoms with van der Waals surface area (Å²) in [5.41, 5.74) is -1.40. The quantitative estimate of drug-likeness (QED) is 0.521. The van der Waals surface area contributed by atoms with Crippen LogP contribution >= 0.6 is 0 Å². The molecule has 2 amide bonds. The van der Waals surface area contributed by atoms with Crippen LogP contribution in [0.5, 0.6) is 0 Å². The summed E-state index contributed by atoms with van der Waals surface area (Å²) < 4.78 is 12.2. The van der Waals surface area contributed by atoms with Crippen LogP contribution in [0.25, 0.3) is 0 Å². The van der Waals surface area contributed by atoms with Crippen LogP contribution < -0.4 is 0 Å². The number of carbonyl (C=O) groups excluding carboxylic acids is 3. The van der Waals surface area contributed by atoms with Gasteiger partial charge in [0, 0.05) is 13.1 Å². The van der Waals surface area contributed by atoms with E-state index in [9.17, 15) is 19.5 Å². The van der Waals surface area contributed by atoms with Crippen molar-refractivity contribution in [2.45, 2.75) is 50.1 Å². The van der Waals surface area contributed by atoms with Crippen molar-refractivity contribution >= 4 is 17.8 Å². The Kier molecular flexibility index (Phi) is 5.61. The minimum absolute atomic E-state index is 0.119. The lowest BCUT2D eigenvalue weighted by molar-refractivity contribution is -0.161. The molecule has 8 nitrogen and oxygen atoms in total. The Bertz CT molecular complexity index is 1050. The lowest BCUT2D eigenvalue weighted by atomic mass is 9.73. The third kappa shape index (κ3) is 3.15. The number of nitrogens with zero attached hydrogens (tertiary/aromatic N) is 2. The molecular weight excluding hydrogens is 436 g/mol. The average molecular weight is 467 g/mol. The fraction of sp³-hybridized carbons (Fsp3) is 0.500. The first kappa shape index (κ1) is 22.8. The van der Waals surface area contributed by atoms with E-state index in [2.05, 4.69) is 0 Å². The highest BCUT2D eigenvalue weighted by atomic mass is 16.6. The summed E-state index contributed by atoms with van der Waals surface area (Å²) in [6.45, 7) is 4.14. The number of benzene rings is 1. The summed E-state index contributed by atoms with van der Waals surface area (Å²) in [4.78, 5) is 44.3. The predicted octanol–water partition coefficient (Wildman–Crippen LogP) is 1.44. The second-order valence-electron chi connectivity index (χ2n) is 9.54. The number of fused-ring (bicyclic) bond motifs is 2. The lowest BCUT2D eigenvalue weighted by Gasteiger charge is -2.39. The molecule has 4 aliphatic heterocycles. The molecule has 5 rings (SSSR count). The minimum atomic E-state index is -1.33. The summed E-state index contributed by atoms with van der Waals surface area (Å²) >= 11 is 0. The number of aliphatic hydroxyl groups is 1. The predicted molar refractivity (Wildman–Crippen MR) is 122 cm³/mol. The van der Waals surface area contributed by atoms with E-state index in [1.807, 2.05) is 49.4 Å². The molecule has 1 N–H and O–H groups in total. The highest BCUT2D eigenvalue weighted by Crippen LogP contribution is 2.58. The van der Waals surface area contributed by atoms with E-state index in [1.54, 1.807) is 24.0 Å². The molecular formula is C26H30N2O6. The fourth-order valence-electron chi connectivity index (χ4n) is 6.09. The van der Waals surface area contributed by atoms with E-state index in [0.717, 1.165) is 5.56 Å². The van der Waals surface area contributed by atoms with Crippen molar-refractivity contribution < 1.29 is 29.0 Å². The van der Waals surface area contributed by atoms with Gasteiger partial charge in [-0.25, -0.2) is 0 Å². The number of hydrogen-bond donors (Lipinski definition) is 1. The van der Waals surface area contributed by atoms with Gasteiger partial charge in [-0.3, -0.25) is 14.4 Å². The maximum Gasteiger partial charge on any atom is 0.313 e. The Balaban J connectivity index is 1.63. The van der Waals surface area contributed by atoms with E-state index in [0.29, 0.717) is 19.5 Å². The van der Waals surface area contributed by atoms with Crippen LogP contribution in [-0.2, 0) is 30.4 Å². The van der Waals surface area contributed by atoms with Gasteiger partial charge in [-0.15, -0.1) is 0 Å². The Morgan fingerprint density at radius 1 is 1.09 bits per heavy atom. The largest absolute Gasteiger partial charge is 0.461 e. The zero-order valence-electron chi connectivity index (χ0n) is 19.4. The molecule has 0 aromatic heterocycles. The van der Waals surface area contributed by atoms with Crippen molar-refractivity contribution in [3.8, 4) is 0 Å². The molecule has 8 heteroatoms. The van der Waals surface area contributed by atoms with Gasteiger partial charge in [0.1, 0.15) is 29.8 Å². The van der Waals surface area contributed by atoms with Crippen molar-refractivity contribution in [3.05, 3.63) is 60.2 Å². The SMILES string of the molecule is CC[C@@]12C=CCOC(=O)[C@@H]1[C@H]1C(=O)N([C@H](C)CO)C3C(=O)N(Cc4ccccc4)CC=C[C@@]31O2. The first-order valence-corrected chi connectivity index (χ1v) is 11.9. The van der Waals surface area contributed by atoms with Gasteiger partial charge in [0.25, 0.3) is 0 Å². The van der Waals surface area contributed by atoms with E-state index >= 15 is 0 Å². The van der Waals surface area contributed by atoms with Crippen LogP contribution in [0, 0.1) is 11.8 Å². The van der Waals surface area contributed by atoms with Gasteiger partial charge in [0.15, 0.2) is 0 Å². The number of ether oxygens (including phenoxy) is 2. The number of amides is 2. The Labute approximate surface area is 198 Å². The molecule has 0 aliphatic carbocycles. The molecule has 0 radical (unpaired) electrons. The molecule has 0 saturated carbocycles. The summed E-state index contributed by atoms with van der Waals surface area (Å²) in [6.07, 6.45) is 7.69. The van der Waals surface area contributed by atoms with Crippen LogP contribution in [0.2, 0.25) is 0 Å². The number of esters is 1. The van der Waals surface area contributed by atoms with Crippen molar-refractivity contribution in [2.75, 3.05) is 19.8 Å². The normalized spacial score (nSPS) is 35.4. The van der Waals surface area contributed by atoms with E-state index in [4.69, 9.17) is 9.47 Å². The topological polar surface area (TPSA) is 96.4 Å². The molecule has 1 aromatic carbocycles. The molecule has 1 aromatic rings. The minimum Gasteiger partial charge on any atom is -0.461 e. The van der Waals surface area contributed by atoms with Crippen LogP contribution in [0.3, 0.4) is 0 Å². The highest BCUT2D eigenvalue weighted by Gasteiger charge is 2.75. The number of likely N-dealkylation sites (tertiary alicyclic amines) is 1. The number of hydrogen-bond acceptors (Lipinski definition) is 6. The fourth-order valence-corrected chi connectivity index (χ4v) is 6.09. The first-order valence-electron chi connectivity index (χ1n) is 11.9. The third-order valence-corrected chi connectivity index (χ3v) is 7.67.